The second-order valence-electron chi connectivity index (χ2n) is 27.4. The summed E-state index contributed by atoms with van der Waals surface area (Å²) in [5, 5.41) is 14.0. The molecule has 0 fully saturated rings. The van der Waals surface area contributed by atoms with Crippen LogP contribution in [-0.4, -0.2) is 40.8 Å². The van der Waals surface area contributed by atoms with Crippen LogP contribution in [0.4, 0.5) is 11.4 Å². The molecule has 102 heavy (non-hydrogen) atoms. The van der Waals surface area contributed by atoms with Crippen molar-refractivity contribution in [2.45, 2.75) is 34.6 Å². The van der Waals surface area contributed by atoms with Crippen molar-refractivity contribution in [2.24, 2.45) is 4.99 Å². The molecule has 480 valence electrons. The number of allylic oxidation sites excluding steroid dienone is 1. The molecule has 0 saturated heterocycles. The number of nitrogens with one attached hydrogen (secondary N) is 1. The van der Waals surface area contributed by atoms with E-state index in [4.69, 9.17) is 15.0 Å². The topological polar surface area (TPSA) is 68.2 Å². The third kappa shape index (κ3) is 8.86. The molecule has 4 aliphatic rings. The van der Waals surface area contributed by atoms with E-state index < -0.39 is 0 Å². The van der Waals surface area contributed by atoms with E-state index in [-0.39, 0.29) is 18.0 Å². The van der Waals surface area contributed by atoms with Crippen LogP contribution in [0.1, 0.15) is 40.6 Å². The lowest BCUT2D eigenvalue weighted by Gasteiger charge is -2.34. The van der Waals surface area contributed by atoms with Gasteiger partial charge >= 0.3 is 0 Å². The van der Waals surface area contributed by atoms with Crippen LogP contribution in [0.2, 0.25) is 0 Å². The summed E-state index contributed by atoms with van der Waals surface area (Å²) < 4.78 is 9.73. The second kappa shape index (κ2) is 22.6. The highest BCUT2D eigenvalue weighted by Crippen LogP contribution is 2.59. The van der Waals surface area contributed by atoms with Crippen LogP contribution in [0, 0.1) is 0 Å². The monoisotopic (exact) mass is 1340 g/mol. The van der Waals surface area contributed by atoms with Gasteiger partial charge in [0.1, 0.15) is 17.5 Å². The number of aromatic nitrogens is 5. The van der Waals surface area contributed by atoms with Gasteiger partial charge in [-0.15, -0.1) is 23.1 Å². The van der Waals surface area contributed by atoms with Crippen molar-refractivity contribution in [3.63, 3.8) is 0 Å². The minimum atomic E-state index is -0.0696. The molecular formula is C92H60N8S2. The molecule has 8 nitrogen and oxygen atoms in total. The average Bonchev–Trinajstić information content (AvgIpc) is 1.55. The van der Waals surface area contributed by atoms with Crippen molar-refractivity contribution in [2.75, 3.05) is 4.90 Å². The molecule has 5 aromatic heterocycles. The Kier molecular flexibility index (Phi) is 12.7. The fraction of sp³-hybridized carbons (Fsp3) is 0.0543. The highest BCUT2D eigenvalue weighted by atomic mass is 32.2. The number of hydrogen-bond acceptors (Lipinski definition) is 7. The molecule has 0 bridgehead atoms. The van der Waals surface area contributed by atoms with Gasteiger partial charge in [-0.1, -0.05) is 218 Å². The molecule has 1 N–H and O–H groups in total. The van der Waals surface area contributed by atoms with Crippen LogP contribution in [0.5, 0.6) is 0 Å². The number of thiophene rings is 1. The summed E-state index contributed by atoms with van der Waals surface area (Å²) >= 11 is 3.93. The molecule has 10 heteroatoms. The minimum absolute atomic E-state index is 0.0696. The number of thioether (sulfide) groups is 1. The number of nitrogens with zero attached hydrogens (tertiary/aromatic N) is 7. The van der Waals surface area contributed by atoms with Gasteiger partial charge in [0, 0.05) is 114 Å². The minimum Gasteiger partial charge on any atom is -0.359 e. The zero-order chi connectivity index (χ0) is 66.7. The Bertz CT molecular complexity index is 6570. The SMILES string of the molecule is C1=C2c3ccccc3N(c3cccc(-c4ccc5c(c4)c4cc6c(cc4n5-c4cc(-c5ccccc5)nc(-c5ccccc5)n4)sc4ccc5c(c7ccccc7n5-c5ccccc5)c46)c3)C2CC2Sc3cc4c(cc3C12)c1ccccc1n4C1=CC(c2ccccc2)NC(c2ccccc2)=N1. The summed E-state index contributed by atoms with van der Waals surface area (Å²) in [6.45, 7) is 0. The van der Waals surface area contributed by atoms with E-state index in [2.05, 4.69) is 357 Å². The molecule has 8 heterocycles. The quantitative estimate of drug-likeness (QED) is 0.156. The van der Waals surface area contributed by atoms with Crippen molar-refractivity contribution in [3.05, 3.63) is 344 Å². The number of para-hydroxylation sites is 4. The molecule has 0 spiro atoms. The van der Waals surface area contributed by atoms with E-state index in [1.807, 2.05) is 11.3 Å². The first kappa shape index (κ1) is 57.6. The fourth-order valence-electron chi connectivity index (χ4n) is 17.2. The Morgan fingerprint density at radius 2 is 1.04 bits per heavy atom. The Labute approximate surface area is 595 Å². The number of benzene rings is 13. The van der Waals surface area contributed by atoms with Gasteiger partial charge in [0.25, 0.3) is 0 Å². The number of anilines is 2. The van der Waals surface area contributed by atoms with Crippen molar-refractivity contribution in [1.82, 2.24) is 29.0 Å². The van der Waals surface area contributed by atoms with Crippen molar-refractivity contribution in [1.29, 1.82) is 0 Å². The molecule has 22 rings (SSSR count). The van der Waals surface area contributed by atoms with Crippen LogP contribution in [0.15, 0.2) is 331 Å². The summed E-state index contributed by atoms with van der Waals surface area (Å²) in [4.78, 5) is 20.3. The zero-order valence-corrected chi connectivity index (χ0v) is 56.7. The van der Waals surface area contributed by atoms with Crippen molar-refractivity contribution < 1.29 is 0 Å². The second-order valence-corrected chi connectivity index (χ2v) is 29.7. The maximum atomic E-state index is 5.52. The first-order valence-electron chi connectivity index (χ1n) is 35.1. The molecule has 18 aromatic rings. The number of hydrogen-bond donors (Lipinski definition) is 1. The van der Waals surface area contributed by atoms with Gasteiger partial charge in [0.2, 0.25) is 0 Å². The summed E-state index contributed by atoms with van der Waals surface area (Å²) in [7, 11) is 0. The van der Waals surface area contributed by atoms with E-state index in [1.54, 1.807) is 0 Å². The highest BCUT2D eigenvalue weighted by Gasteiger charge is 2.45. The van der Waals surface area contributed by atoms with Gasteiger partial charge in [-0.05, 0) is 131 Å². The maximum absolute atomic E-state index is 5.52. The first-order chi connectivity index (χ1) is 50.5. The van der Waals surface area contributed by atoms with E-state index in [9.17, 15) is 0 Å². The summed E-state index contributed by atoms with van der Waals surface area (Å²) in [5.41, 5.74) is 22.1. The number of fused-ring (bicyclic) bond motifs is 19. The number of amidine groups is 1. The predicted octanol–water partition coefficient (Wildman–Crippen LogP) is 23.3. The van der Waals surface area contributed by atoms with E-state index in [1.165, 1.54) is 102 Å². The summed E-state index contributed by atoms with van der Waals surface area (Å²) in [6, 6.07) is 113. The lowest BCUT2D eigenvalue weighted by molar-refractivity contribution is 0.632. The standard InChI is InChI=1S/C92H60N8S2/c1-6-23-55(24-7-1)73-50-87(95-91(93-73)57-27-10-3-11-28-57)99-76-39-20-17-36-64(76)68-48-71-70-47-67-63-35-16-19-38-75(63)98(80(67)52-84(70)102-85(71)53-81(68)99)62-34-22-31-59(45-62)60-41-42-78-66(46-60)69-49-72-86(101-83-44-43-79-89(90(72)83)65-37-18-21-40-77(65)97(79)61-32-14-5-15-33-61)54-82(69)100(78)88-51-74(56-25-8-2-9-26-56)94-92(96-88)58-29-12-4-13-30-58/h1-51,53-54,70,73,80,84H,52H2,(H,93,95). The Morgan fingerprint density at radius 3 is 1.85 bits per heavy atom. The first-order valence-corrected chi connectivity index (χ1v) is 36.8. The summed E-state index contributed by atoms with van der Waals surface area (Å²) in [6.07, 6.45) is 5.94. The van der Waals surface area contributed by atoms with Gasteiger partial charge < -0.3 is 14.8 Å². The number of rotatable bonds is 9. The Morgan fingerprint density at radius 1 is 0.402 bits per heavy atom. The van der Waals surface area contributed by atoms with E-state index in [0.717, 1.165) is 85.0 Å². The lowest BCUT2D eigenvalue weighted by atomic mass is 9.81. The molecule has 1 aliphatic carbocycles. The number of aliphatic imine (C=N–C) groups is 1. The van der Waals surface area contributed by atoms with Gasteiger partial charge in [0.15, 0.2) is 5.82 Å². The molecule has 3 aliphatic heterocycles. The van der Waals surface area contributed by atoms with Crippen LogP contribution < -0.4 is 10.2 Å². The van der Waals surface area contributed by atoms with Gasteiger partial charge in [-0.3, -0.25) is 9.13 Å². The molecule has 4 unspecified atom stereocenters. The molecule has 0 radical (unpaired) electrons. The van der Waals surface area contributed by atoms with E-state index >= 15 is 0 Å². The van der Waals surface area contributed by atoms with Crippen LogP contribution in [0.25, 0.3) is 142 Å². The zero-order valence-electron chi connectivity index (χ0n) is 55.1. The van der Waals surface area contributed by atoms with Gasteiger partial charge in [-0.2, -0.15) is 0 Å². The molecule has 0 amide bonds. The molecule has 0 saturated carbocycles. The van der Waals surface area contributed by atoms with Crippen LogP contribution >= 0.6 is 23.1 Å². The smallest absolute Gasteiger partial charge is 0.162 e. The summed E-state index contributed by atoms with van der Waals surface area (Å²) in [5.74, 6) is 3.53. The fourth-order valence-corrected chi connectivity index (χ4v) is 19.9. The van der Waals surface area contributed by atoms with Crippen molar-refractivity contribution in [3.8, 4) is 45.3 Å². The third-order valence-corrected chi connectivity index (χ3v) is 24.3. The van der Waals surface area contributed by atoms with Gasteiger partial charge in [-0.25, -0.2) is 15.0 Å². The average molecular weight is 1340 g/mol. The molecular weight excluding hydrogens is 1280 g/mol. The molecule has 4 atom stereocenters. The van der Waals surface area contributed by atoms with Crippen molar-refractivity contribution >= 4 is 137 Å². The van der Waals surface area contributed by atoms with Crippen LogP contribution in [-0.2, 0) is 0 Å². The Balaban J connectivity index is 0.676. The Hall–Kier alpha value is -12.3. The largest absolute Gasteiger partial charge is 0.359 e. The molecule has 13 aromatic carbocycles. The normalized spacial score (nSPS) is 17.0. The van der Waals surface area contributed by atoms with Crippen LogP contribution in [0.3, 0.4) is 0 Å². The third-order valence-electron chi connectivity index (χ3n) is 21.7. The highest BCUT2D eigenvalue weighted by molar-refractivity contribution is 8.00. The van der Waals surface area contributed by atoms with E-state index in [0.29, 0.717) is 11.1 Å². The maximum Gasteiger partial charge on any atom is 0.162 e. The predicted molar refractivity (Wildman–Crippen MR) is 426 cm³/mol. The lowest BCUT2D eigenvalue weighted by Crippen LogP contribution is -2.33. The van der Waals surface area contributed by atoms with Gasteiger partial charge in [0.05, 0.1) is 50.9 Å².